The summed E-state index contributed by atoms with van der Waals surface area (Å²) in [6.45, 7) is 6.46. The number of hydrogen-bond donors (Lipinski definition) is 1. The summed E-state index contributed by atoms with van der Waals surface area (Å²) in [5, 5.41) is 0.581. The first-order valence-electron chi connectivity index (χ1n) is 10.3. The quantitative estimate of drug-likeness (QED) is 0.652. The Kier molecular flexibility index (Phi) is 5.66. The Bertz CT molecular complexity index is 1150. The van der Waals surface area contributed by atoms with Crippen LogP contribution in [0.4, 0.5) is 4.39 Å². The molecule has 2 aromatic carbocycles. The minimum Gasteiger partial charge on any atom is -0.324 e. The molecule has 162 valence electrons. The van der Waals surface area contributed by atoms with Crippen LogP contribution in [0, 0.1) is 18.7 Å². The van der Waals surface area contributed by atoms with Gasteiger partial charge < -0.3 is 10.3 Å². The molecule has 31 heavy (non-hydrogen) atoms. The second kappa shape index (κ2) is 8.13. The van der Waals surface area contributed by atoms with Gasteiger partial charge in [-0.2, -0.15) is 0 Å². The maximum atomic E-state index is 13.7. The molecule has 0 radical (unpaired) electrons. The van der Waals surface area contributed by atoms with Crippen LogP contribution in [0.15, 0.2) is 58.5 Å². The van der Waals surface area contributed by atoms with E-state index < -0.39 is 16.2 Å². The summed E-state index contributed by atoms with van der Waals surface area (Å²) in [5.74, 6) is 0.112. The van der Waals surface area contributed by atoms with E-state index in [0.717, 1.165) is 5.56 Å². The van der Waals surface area contributed by atoms with Crippen LogP contribution >= 0.6 is 0 Å². The highest BCUT2D eigenvalue weighted by atomic mass is 32.2. The van der Waals surface area contributed by atoms with Crippen molar-refractivity contribution < 1.29 is 13.4 Å². The largest absolute Gasteiger partial charge is 0.324 e. The van der Waals surface area contributed by atoms with E-state index in [2.05, 4.69) is 0 Å². The summed E-state index contributed by atoms with van der Waals surface area (Å²) in [6, 6.07) is 13.6. The van der Waals surface area contributed by atoms with Gasteiger partial charge >= 0.3 is 0 Å². The number of halogens is 1. The van der Waals surface area contributed by atoms with Crippen molar-refractivity contribution in [2.24, 2.45) is 11.7 Å². The molecule has 1 aliphatic rings. The van der Waals surface area contributed by atoms with Crippen LogP contribution in [0.5, 0.6) is 0 Å². The maximum Gasteiger partial charge on any atom is 0.150 e. The number of nitrogens with zero attached hydrogens (tertiary/aromatic N) is 2. The molecule has 2 N–H and O–H groups in total. The van der Waals surface area contributed by atoms with Crippen molar-refractivity contribution in [1.29, 1.82) is 0 Å². The van der Waals surface area contributed by atoms with E-state index in [1.165, 1.54) is 12.1 Å². The van der Waals surface area contributed by atoms with Gasteiger partial charge in [-0.25, -0.2) is 13.6 Å². The molecule has 2 atom stereocenters. The second-order valence-electron chi connectivity index (χ2n) is 8.56. The van der Waals surface area contributed by atoms with Crippen LogP contribution in [0.2, 0.25) is 0 Å². The van der Waals surface area contributed by atoms with Gasteiger partial charge in [0.1, 0.15) is 33.2 Å². The van der Waals surface area contributed by atoms with Gasteiger partial charge in [0.05, 0.1) is 6.54 Å². The van der Waals surface area contributed by atoms with Crippen molar-refractivity contribution in [3.8, 4) is 11.3 Å². The van der Waals surface area contributed by atoms with E-state index in [-0.39, 0.29) is 24.1 Å². The molecule has 5 nitrogen and oxygen atoms in total. The molecule has 1 aromatic heterocycles. The molecule has 3 aromatic rings. The lowest BCUT2D eigenvalue weighted by Crippen LogP contribution is -2.44. The predicted octanol–water partition coefficient (Wildman–Crippen LogP) is 3.99. The molecule has 7 heteroatoms. The van der Waals surface area contributed by atoms with Crippen molar-refractivity contribution in [1.82, 2.24) is 9.55 Å². The molecular weight excluding hydrogens is 413 g/mol. The fourth-order valence-corrected chi connectivity index (χ4v) is 5.70. The summed E-state index contributed by atoms with van der Waals surface area (Å²) >= 11 is 0. The van der Waals surface area contributed by atoms with Gasteiger partial charge in [-0.15, -0.1) is 0 Å². The lowest BCUT2D eigenvalue weighted by molar-refractivity contribution is -0.124. The third-order valence-electron chi connectivity index (χ3n) is 6.13. The van der Waals surface area contributed by atoms with E-state index in [1.807, 2.05) is 49.6 Å². The molecule has 0 bridgehead atoms. The van der Waals surface area contributed by atoms with Crippen molar-refractivity contribution in [2.45, 2.75) is 49.1 Å². The summed E-state index contributed by atoms with van der Waals surface area (Å²) in [6.07, 6.45) is 0.605. The first-order valence-corrected chi connectivity index (χ1v) is 11.5. The monoisotopic (exact) mass is 439 g/mol. The van der Waals surface area contributed by atoms with E-state index in [4.69, 9.17) is 10.7 Å². The summed E-state index contributed by atoms with van der Waals surface area (Å²) in [7, 11) is -1.49. The zero-order chi connectivity index (χ0) is 22.3. The Balaban J connectivity index is 1.92. The first-order chi connectivity index (χ1) is 14.7. The number of carbonyl (C=O) groups excluding carboxylic acids is 1. The van der Waals surface area contributed by atoms with E-state index >= 15 is 0 Å². The van der Waals surface area contributed by atoms with Crippen molar-refractivity contribution in [2.75, 3.05) is 6.54 Å². The Hall–Kier alpha value is -2.64. The van der Waals surface area contributed by atoms with Crippen molar-refractivity contribution >= 4 is 16.6 Å². The highest BCUT2D eigenvalue weighted by Crippen LogP contribution is 2.42. The average Bonchev–Trinajstić information content (AvgIpc) is 3.15. The number of rotatable bonds is 5. The summed E-state index contributed by atoms with van der Waals surface area (Å²) in [4.78, 5) is 18.1. The van der Waals surface area contributed by atoms with Gasteiger partial charge in [0.2, 0.25) is 0 Å². The SMILES string of the molecule is Cc1ccc(S(=O)c2c(-c3ccc(F)cc3)nc3n2CCC(C(=O)CN)C3(C)C)cc1. The molecular formula is C24H26FN3O2S. The number of nitrogens with two attached hydrogens (primary N) is 1. The minimum atomic E-state index is -1.49. The third kappa shape index (κ3) is 3.77. The van der Waals surface area contributed by atoms with Gasteiger partial charge in [0.15, 0.2) is 5.78 Å². The molecule has 2 heterocycles. The van der Waals surface area contributed by atoms with Crippen LogP contribution in [0.3, 0.4) is 0 Å². The zero-order valence-corrected chi connectivity index (χ0v) is 18.7. The van der Waals surface area contributed by atoms with E-state index in [0.29, 0.717) is 40.0 Å². The minimum absolute atomic E-state index is 0.00351. The van der Waals surface area contributed by atoms with Crippen molar-refractivity contribution in [3.05, 3.63) is 65.7 Å². The number of fused-ring (bicyclic) bond motifs is 1. The average molecular weight is 440 g/mol. The Labute approximate surface area is 184 Å². The number of hydrogen-bond acceptors (Lipinski definition) is 4. The second-order valence-corrected chi connectivity index (χ2v) is 9.96. The Morgan fingerprint density at radius 3 is 2.45 bits per heavy atom. The zero-order valence-electron chi connectivity index (χ0n) is 17.9. The van der Waals surface area contributed by atoms with Crippen LogP contribution < -0.4 is 5.73 Å². The van der Waals surface area contributed by atoms with Gasteiger partial charge in [0.25, 0.3) is 0 Å². The van der Waals surface area contributed by atoms with Crippen LogP contribution in [-0.4, -0.2) is 26.1 Å². The number of ketones is 1. The maximum absolute atomic E-state index is 13.7. The molecule has 2 unspecified atom stereocenters. The van der Waals surface area contributed by atoms with Crippen LogP contribution in [-0.2, 0) is 27.6 Å². The fraction of sp³-hybridized carbons (Fsp3) is 0.333. The molecule has 0 saturated heterocycles. The van der Waals surface area contributed by atoms with Crippen LogP contribution in [0.25, 0.3) is 11.3 Å². The van der Waals surface area contributed by atoms with Crippen LogP contribution in [0.1, 0.15) is 31.7 Å². The number of Topliss-reactive ketones (excluding diaryl/α,β-unsaturated/α-hetero) is 1. The Morgan fingerprint density at radius 1 is 1.19 bits per heavy atom. The number of aryl methyl sites for hydroxylation is 1. The normalized spacial score (nSPS) is 18.4. The topological polar surface area (TPSA) is 78.0 Å². The molecule has 0 fully saturated rings. The summed E-state index contributed by atoms with van der Waals surface area (Å²) < 4.78 is 29.3. The standard InChI is InChI=1S/C24H26FN3O2S/c1-15-4-10-18(11-5-15)31(30)22-21(16-6-8-17(25)9-7-16)27-23-24(2,3)19(20(29)14-26)12-13-28(22)23/h4-11,19H,12-14,26H2,1-3H3. The molecule has 0 spiro atoms. The predicted molar refractivity (Wildman–Crippen MR) is 119 cm³/mol. The molecule has 4 rings (SSSR count). The fourth-order valence-electron chi connectivity index (χ4n) is 4.38. The van der Waals surface area contributed by atoms with E-state index in [1.54, 1.807) is 12.1 Å². The molecule has 0 amide bonds. The molecule has 0 aliphatic carbocycles. The number of aromatic nitrogens is 2. The number of imidazole rings is 1. The Morgan fingerprint density at radius 2 is 1.84 bits per heavy atom. The number of benzene rings is 2. The van der Waals surface area contributed by atoms with Gasteiger partial charge in [-0.3, -0.25) is 4.79 Å². The summed E-state index contributed by atoms with van der Waals surface area (Å²) in [5.41, 5.74) is 7.42. The number of carbonyl (C=O) groups is 1. The lowest BCUT2D eigenvalue weighted by Gasteiger charge is -2.37. The first kappa shape index (κ1) is 21.6. The van der Waals surface area contributed by atoms with Crippen molar-refractivity contribution in [3.63, 3.8) is 0 Å². The van der Waals surface area contributed by atoms with E-state index in [9.17, 15) is 13.4 Å². The highest BCUT2D eigenvalue weighted by Gasteiger charge is 2.44. The smallest absolute Gasteiger partial charge is 0.150 e. The highest BCUT2D eigenvalue weighted by molar-refractivity contribution is 7.85. The lowest BCUT2D eigenvalue weighted by atomic mass is 9.72. The van der Waals surface area contributed by atoms with Gasteiger partial charge in [-0.1, -0.05) is 31.5 Å². The molecule has 0 saturated carbocycles. The molecule has 1 aliphatic heterocycles. The van der Waals surface area contributed by atoms with Gasteiger partial charge in [-0.05, 0) is 49.7 Å². The third-order valence-corrected chi connectivity index (χ3v) is 7.59. The van der Waals surface area contributed by atoms with Gasteiger partial charge in [0, 0.05) is 28.3 Å².